The molecule has 1 heterocycles. The molecule has 0 radical (unpaired) electrons. The van der Waals surface area contributed by atoms with E-state index in [1.807, 2.05) is 49.4 Å². The number of amides is 2. The van der Waals surface area contributed by atoms with E-state index in [9.17, 15) is 9.59 Å². The van der Waals surface area contributed by atoms with E-state index in [0.717, 1.165) is 12.0 Å². The Hall–Kier alpha value is -3.12. The number of anilines is 1. The molecule has 0 saturated heterocycles. The van der Waals surface area contributed by atoms with E-state index in [1.165, 1.54) is 4.90 Å². The molecule has 28 heavy (non-hydrogen) atoms. The molecule has 1 N–H and O–H groups in total. The first-order valence-corrected chi connectivity index (χ1v) is 9.39. The topological polar surface area (TPSA) is 67.9 Å². The molecule has 0 fully saturated rings. The van der Waals surface area contributed by atoms with Gasteiger partial charge in [0, 0.05) is 19.8 Å². The lowest BCUT2D eigenvalue weighted by Crippen LogP contribution is -2.44. The zero-order valence-corrected chi connectivity index (χ0v) is 15.9. The van der Waals surface area contributed by atoms with Gasteiger partial charge in [0.25, 0.3) is 5.91 Å². The van der Waals surface area contributed by atoms with Crippen LogP contribution in [0.25, 0.3) is 6.08 Å². The Bertz CT molecular complexity index is 849. The molecule has 0 bridgehead atoms. The van der Waals surface area contributed by atoms with Crippen molar-refractivity contribution in [3.8, 4) is 5.75 Å². The van der Waals surface area contributed by atoms with Crippen LogP contribution in [0.15, 0.2) is 60.4 Å². The maximum atomic E-state index is 13.0. The van der Waals surface area contributed by atoms with Crippen LogP contribution in [-0.2, 0) is 14.3 Å². The summed E-state index contributed by atoms with van der Waals surface area (Å²) in [4.78, 5) is 26.8. The van der Waals surface area contributed by atoms with Gasteiger partial charge < -0.3 is 14.8 Å². The third-order valence-electron chi connectivity index (χ3n) is 4.22. The Kier molecular flexibility index (Phi) is 6.81. The molecule has 1 aliphatic heterocycles. The maximum Gasteiger partial charge on any atom is 0.294 e. The summed E-state index contributed by atoms with van der Waals surface area (Å²) in [5.74, 6) is 0.176. The third kappa shape index (κ3) is 4.98. The lowest BCUT2D eigenvalue weighted by atomic mass is 10.1. The number of ether oxygens (including phenoxy) is 2. The summed E-state index contributed by atoms with van der Waals surface area (Å²) >= 11 is 0. The van der Waals surface area contributed by atoms with Crippen LogP contribution in [0, 0.1) is 0 Å². The number of rotatable bonds is 8. The highest BCUT2D eigenvalue weighted by molar-refractivity contribution is 6.12. The fourth-order valence-electron chi connectivity index (χ4n) is 2.87. The summed E-state index contributed by atoms with van der Waals surface area (Å²) in [6.07, 6.45) is 2.41. The Labute approximate surface area is 164 Å². The Morgan fingerprint density at radius 3 is 2.68 bits per heavy atom. The molecular weight excluding hydrogens is 356 g/mol. The summed E-state index contributed by atoms with van der Waals surface area (Å²) in [5.41, 5.74) is 1.44. The van der Waals surface area contributed by atoms with Gasteiger partial charge in [-0.25, -0.2) is 0 Å². The molecule has 2 amide bonds. The quantitative estimate of drug-likeness (QED) is 0.565. The second-order valence-electron chi connectivity index (χ2n) is 6.28. The fourth-order valence-corrected chi connectivity index (χ4v) is 2.87. The second kappa shape index (κ2) is 9.71. The van der Waals surface area contributed by atoms with Crippen molar-refractivity contribution in [2.75, 3.05) is 31.2 Å². The minimum absolute atomic E-state index is 0.0695. The van der Waals surface area contributed by atoms with Gasteiger partial charge in [-0.15, -0.1) is 0 Å². The van der Waals surface area contributed by atoms with Crippen molar-refractivity contribution in [3.05, 3.63) is 65.9 Å². The van der Waals surface area contributed by atoms with E-state index in [4.69, 9.17) is 9.47 Å². The molecule has 6 nitrogen and oxygen atoms in total. The first kappa shape index (κ1) is 19.6. The van der Waals surface area contributed by atoms with E-state index in [2.05, 4.69) is 5.32 Å². The van der Waals surface area contributed by atoms with Gasteiger partial charge in [-0.3, -0.25) is 14.5 Å². The van der Waals surface area contributed by atoms with Crippen LogP contribution in [0.3, 0.4) is 0 Å². The fraction of sp³-hybridized carbons (Fsp3) is 0.273. The number of para-hydroxylation sites is 2. The highest BCUT2D eigenvalue weighted by atomic mass is 16.5. The van der Waals surface area contributed by atoms with Gasteiger partial charge in [0.2, 0.25) is 5.91 Å². The average Bonchev–Trinajstić information content (AvgIpc) is 2.71. The summed E-state index contributed by atoms with van der Waals surface area (Å²) in [5, 5.41) is 2.83. The Morgan fingerprint density at radius 2 is 1.89 bits per heavy atom. The number of benzene rings is 2. The van der Waals surface area contributed by atoms with Crippen molar-refractivity contribution in [2.24, 2.45) is 0 Å². The third-order valence-corrected chi connectivity index (χ3v) is 4.22. The molecule has 6 heteroatoms. The van der Waals surface area contributed by atoms with Gasteiger partial charge in [-0.2, -0.15) is 0 Å². The minimum atomic E-state index is -0.341. The molecule has 0 spiro atoms. The normalized spacial score (nSPS) is 14.5. The highest BCUT2D eigenvalue weighted by Crippen LogP contribution is 2.35. The zero-order chi connectivity index (χ0) is 19.8. The number of hydrogen-bond donors (Lipinski definition) is 1. The second-order valence-corrected chi connectivity index (χ2v) is 6.28. The van der Waals surface area contributed by atoms with Crippen molar-refractivity contribution in [1.82, 2.24) is 5.32 Å². The Balaban J connectivity index is 1.74. The van der Waals surface area contributed by atoms with Crippen LogP contribution in [0.2, 0.25) is 0 Å². The van der Waals surface area contributed by atoms with Gasteiger partial charge in [0.1, 0.15) is 6.54 Å². The van der Waals surface area contributed by atoms with Crippen molar-refractivity contribution in [2.45, 2.75) is 13.3 Å². The molecule has 0 aromatic heterocycles. The summed E-state index contributed by atoms with van der Waals surface area (Å²) in [7, 11) is 0. The maximum absolute atomic E-state index is 13.0. The number of fused-ring (bicyclic) bond motifs is 1. The minimum Gasteiger partial charge on any atom is -0.449 e. The summed E-state index contributed by atoms with van der Waals surface area (Å²) in [6, 6.07) is 16.7. The molecule has 2 aromatic carbocycles. The van der Waals surface area contributed by atoms with Crippen LogP contribution < -0.4 is 15.0 Å². The van der Waals surface area contributed by atoms with Gasteiger partial charge in [0.05, 0.1) is 5.69 Å². The number of nitrogens with zero attached hydrogens (tertiary/aromatic N) is 1. The van der Waals surface area contributed by atoms with Crippen LogP contribution in [-0.4, -0.2) is 38.1 Å². The number of carbonyl (C=O) groups is 2. The predicted molar refractivity (Wildman–Crippen MR) is 108 cm³/mol. The van der Waals surface area contributed by atoms with Crippen molar-refractivity contribution < 1.29 is 19.1 Å². The van der Waals surface area contributed by atoms with Crippen LogP contribution in [0.1, 0.15) is 18.9 Å². The molecule has 2 aromatic rings. The standard InChI is InChI=1S/C22H24N2O4/c1-2-27-14-8-13-23-21(25)16-24-18-11-6-7-12-19(18)28-20(22(24)26)15-17-9-4-3-5-10-17/h3-7,9-12,15H,2,8,13-14,16H2,1H3,(H,23,25)/b20-15+. The summed E-state index contributed by atoms with van der Waals surface area (Å²) < 4.78 is 11.1. The van der Waals surface area contributed by atoms with E-state index in [0.29, 0.717) is 31.2 Å². The zero-order valence-electron chi connectivity index (χ0n) is 15.9. The van der Waals surface area contributed by atoms with Crippen molar-refractivity contribution in [1.29, 1.82) is 0 Å². The van der Waals surface area contributed by atoms with E-state index < -0.39 is 0 Å². The predicted octanol–water partition coefficient (Wildman–Crippen LogP) is 3.00. The molecule has 0 unspecified atom stereocenters. The van der Waals surface area contributed by atoms with Gasteiger partial charge in [-0.05, 0) is 37.1 Å². The number of nitrogens with one attached hydrogen (secondary N) is 1. The first-order valence-electron chi connectivity index (χ1n) is 9.39. The molecule has 0 saturated carbocycles. The lowest BCUT2D eigenvalue weighted by Gasteiger charge is -2.30. The van der Waals surface area contributed by atoms with E-state index >= 15 is 0 Å². The smallest absolute Gasteiger partial charge is 0.294 e. The molecule has 3 rings (SSSR count). The molecule has 0 atom stereocenters. The Morgan fingerprint density at radius 1 is 1.14 bits per heavy atom. The molecular formula is C22H24N2O4. The van der Waals surface area contributed by atoms with E-state index in [-0.39, 0.29) is 24.1 Å². The van der Waals surface area contributed by atoms with Crippen LogP contribution >= 0.6 is 0 Å². The summed E-state index contributed by atoms with van der Waals surface area (Å²) in [6.45, 7) is 3.62. The number of hydrogen-bond acceptors (Lipinski definition) is 4. The molecule has 1 aliphatic rings. The molecule has 146 valence electrons. The SMILES string of the molecule is CCOCCCNC(=O)CN1C(=O)/C(=C\c2ccccc2)Oc2ccccc21. The largest absolute Gasteiger partial charge is 0.449 e. The van der Waals surface area contributed by atoms with Crippen LogP contribution in [0.4, 0.5) is 5.69 Å². The van der Waals surface area contributed by atoms with E-state index in [1.54, 1.807) is 18.2 Å². The highest BCUT2D eigenvalue weighted by Gasteiger charge is 2.31. The van der Waals surface area contributed by atoms with Crippen molar-refractivity contribution >= 4 is 23.6 Å². The lowest BCUT2D eigenvalue weighted by molar-refractivity contribution is -0.123. The average molecular weight is 380 g/mol. The molecule has 0 aliphatic carbocycles. The monoisotopic (exact) mass is 380 g/mol. The number of carbonyl (C=O) groups excluding carboxylic acids is 2. The van der Waals surface area contributed by atoms with Gasteiger partial charge >= 0.3 is 0 Å². The first-order chi connectivity index (χ1) is 13.7. The van der Waals surface area contributed by atoms with Crippen molar-refractivity contribution in [3.63, 3.8) is 0 Å². The van der Waals surface area contributed by atoms with Gasteiger partial charge in [0.15, 0.2) is 11.5 Å². The van der Waals surface area contributed by atoms with Gasteiger partial charge in [-0.1, -0.05) is 42.5 Å². The van der Waals surface area contributed by atoms with Crippen LogP contribution in [0.5, 0.6) is 5.75 Å².